The van der Waals surface area contributed by atoms with Crippen molar-refractivity contribution in [3.63, 3.8) is 0 Å². The standard InChI is InChI=1S/C12H13N7/c13-6-8-2-1-3-9(4-8)7-16-10-5-11(19-15)18-12(14)17-10/h1-5H,7,15H2,(H4,14,16,17,18,19). The topological polar surface area (TPSA) is 126 Å². The number of aromatic nitrogens is 2. The predicted molar refractivity (Wildman–Crippen MR) is 72.7 cm³/mol. The van der Waals surface area contributed by atoms with Crippen LogP contribution in [0.1, 0.15) is 11.1 Å². The van der Waals surface area contributed by atoms with Crippen LogP contribution in [-0.4, -0.2) is 9.97 Å². The third-order valence-electron chi connectivity index (χ3n) is 2.42. The number of anilines is 3. The first-order valence-electron chi connectivity index (χ1n) is 5.55. The first-order valence-corrected chi connectivity index (χ1v) is 5.55. The van der Waals surface area contributed by atoms with Crippen LogP contribution >= 0.6 is 0 Å². The smallest absolute Gasteiger partial charge is 0.223 e. The van der Waals surface area contributed by atoms with E-state index in [1.807, 2.05) is 12.1 Å². The van der Waals surface area contributed by atoms with Gasteiger partial charge in [-0.25, -0.2) is 5.84 Å². The lowest BCUT2D eigenvalue weighted by Gasteiger charge is -2.08. The maximum absolute atomic E-state index is 8.82. The van der Waals surface area contributed by atoms with Gasteiger partial charge in [-0.05, 0) is 17.7 Å². The number of hydrazine groups is 1. The summed E-state index contributed by atoms with van der Waals surface area (Å²) in [4.78, 5) is 7.92. The lowest BCUT2D eigenvalue weighted by atomic mass is 10.1. The Kier molecular flexibility index (Phi) is 3.75. The number of hydrogen-bond donors (Lipinski definition) is 4. The lowest BCUT2D eigenvalue weighted by Crippen LogP contribution is -2.12. The van der Waals surface area contributed by atoms with E-state index in [1.165, 1.54) is 0 Å². The Hall–Kier alpha value is -2.85. The zero-order chi connectivity index (χ0) is 13.7. The molecule has 0 aliphatic heterocycles. The van der Waals surface area contributed by atoms with Crippen molar-refractivity contribution in [3.05, 3.63) is 41.5 Å². The molecule has 0 saturated heterocycles. The predicted octanol–water partition coefficient (Wildman–Crippen LogP) is 0.828. The van der Waals surface area contributed by atoms with Crippen LogP contribution < -0.4 is 22.3 Å². The number of nitrogens with two attached hydrogens (primary N) is 2. The van der Waals surface area contributed by atoms with Crippen LogP contribution in [0.2, 0.25) is 0 Å². The van der Waals surface area contributed by atoms with E-state index in [4.69, 9.17) is 16.8 Å². The van der Waals surface area contributed by atoms with Crippen molar-refractivity contribution in [2.75, 3.05) is 16.5 Å². The largest absolute Gasteiger partial charge is 0.368 e. The minimum Gasteiger partial charge on any atom is -0.368 e. The van der Waals surface area contributed by atoms with Crippen molar-refractivity contribution in [2.45, 2.75) is 6.54 Å². The quantitative estimate of drug-likeness (QED) is 0.470. The van der Waals surface area contributed by atoms with E-state index in [2.05, 4.69) is 26.8 Å². The second kappa shape index (κ2) is 5.66. The fourth-order valence-corrected chi connectivity index (χ4v) is 1.57. The number of nitriles is 1. The second-order valence-electron chi connectivity index (χ2n) is 3.81. The van der Waals surface area contributed by atoms with Gasteiger partial charge in [0.2, 0.25) is 5.95 Å². The van der Waals surface area contributed by atoms with Crippen molar-refractivity contribution in [1.29, 1.82) is 5.26 Å². The summed E-state index contributed by atoms with van der Waals surface area (Å²) in [5, 5.41) is 11.9. The Morgan fingerprint density at radius 2 is 2.00 bits per heavy atom. The summed E-state index contributed by atoms with van der Waals surface area (Å²) >= 11 is 0. The first-order chi connectivity index (χ1) is 9.21. The van der Waals surface area contributed by atoms with Crippen molar-refractivity contribution in [1.82, 2.24) is 9.97 Å². The molecular weight excluding hydrogens is 242 g/mol. The molecule has 0 bridgehead atoms. The Morgan fingerprint density at radius 3 is 2.74 bits per heavy atom. The van der Waals surface area contributed by atoms with Gasteiger partial charge in [0.15, 0.2) is 0 Å². The minimum atomic E-state index is 0.128. The number of rotatable bonds is 4. The van der Waals surface area contributed by atoms with Crippen LogP contribution in [0.5, 0.6) is 0 Å². The van der Waals surface area contributed by atoms with E-state index >= 15 is 0 Å². The molecule has 1 aromatic heterocycles. The summed E-state index contributed by atoms with van der Waals surface area (Å²) in [6.07, 6.45) is 0. The Labute approximate surface area is 110 Å². The third kappa shape index (κ3) is 3.31. The maximum atomic E-state index is 8.82. The van der Waals surface area contributed by atoms with E-state index in [0.29, 0.717) is 23.7 Å². The van der Waals surface area contributed by atoms with Crippen LogP contribution in [-0.2, 0) is 6.54 Å². The zero-order valence-electron chi connectivity index (χ0n) is 10.1. The summed E-state index contributed by atoms with van der Waals surface area (Å²) < 4.78 is 0. The van der Waals surface area contributed by atoms with Gasteiger partial charge in [-0.2, -0.15) is 15.2 Å². The van der Waals surface area contributed by atoms with Crippen LogP contribution in [0.4, 0.5) is 17.6 Å². The van der Waals surface area contributed by atoms with Gasteiger partial charge in [0.05, 0.1) is 11.6 Å². The molecule has 19 heavy (non-hydrogen) atoms. The minimum absolute atomic E-state index is 0.128. The fourth-order valence-electron chi connectivity index (χ4n) is 1.57. The molecule has 7 heteroatoms. The average molecular weight is 255 g/mol. The molecule has 0 unspecified atom stereocenters. The molecule has 2 rings (SSSR count). The van der Waals surface area contributed by atoms with Gasteiger partial charge in [0.1, 0.15) is 11.6 Å². The van der Waals surface area contributed by atoms with Gasteiger partial charge < -0.3 is 16.5 Å². The summed E-state index contributed by atoms with van der Waals surface area (Å²) in [6, 6.07) is 11.0. The zero-order valence-corrected chi connectivity index (χ0v) is 10.1. The molecule has 0 atom stereocenters. The summed E-state index contributed by atoms with van der Waals surface area (Å²) in [7, 11) is 0. The van der Waals surface area contributed by atoms with Crippen LogP contribution in [0, 0.1) is 11.3 Å². The highest BCUT2D eigenvalue weighted by Crippen LogP contribution is 2.13. The molecule has 2 aromatic rings. The number of hydrogen-bond acceptors (Lipinski definition) is 7. The Balaban J connectivity index is 2.10. The molecule has 0 spiro atoms. The Bertz CT molecular complexity index is 618. The summed E-state index contributed by atoms with van der Waals surface area (Å²) in [6.45, 7) is 0.524. The van der Waals surface area contributed by atoms with Crippen LogP contribution in [0.3, 0.4) is 0 Å². The highest BCUT2D eigenvalue weighted by Gasteiger charge is 2.01. The van der Waals surface area contributed by atoms with Crippen molar-refractivity contribution < 1.29 is 0 Å². The van der Waals surface area contributed by atoms with Gasteiger partial charge in [-0.3, -0.25) is 0 Å². The van der Waals surface area contributed by atoms with Crippen molar-refractivity contribution in [2.24, 2.45) is 5.84 Å². The highest BCUT2D eigenvalue weighted by atomic mass is 15.3. The number of nitrogens with zero attached hydrogens (tertiary/aromatic N) is 3. The van der Waals surface area contributed by atoms with Gasteiger partial charge in [-0.1, -0.05) is 12.1 Å². The van der Waals surface area contributed by atoms with E-state index in [9.17, 15) is 0 Å². The number of nitrogens with one attached hydrogen (secondary N) is 2. The third-order valence-corrected chi connectivity index (χ3v) is 2.42. The van der Waals surface area contributed by atoms with Gasteiger partial charge in [0.25, 0.3) is 0 Å². The lowest BCUT2D eigenvalue weighted by molar-refractivity contribution is 1.08. The van der Waals surface area contributed by atoms with Crippen LogP contribution in [0.15, 0.2) is 30.3 Å². The van der Waals surface area contributed by atoms with Crippen LogP contribution in [0.25, 0.3) is 0 Å². The molecule has 0 aliphatic carbocycles. The van der Waals surface area contributed by atoms with E-state index in [1.54, 1.807) is 18.2 Å². The Morgan fingerprint density at radius 1 is 1.21 bits per heavy atom. The average Bonchev–Trinajstić information content (AvgIpc) is 2.44. The molecule has 6 N–H and O–H groups in total. The van der Waals surface area contributed by atoms with E-state index in [-0.39, 0.29) is 5.95 Å². The van der Waals surface area contributed by atoms with Crippen molar-refractivity contribution in [3.8, 4) is 6.07 Å². The summed E-state index contributed by atoms with van der Waals surface area (Å²) in [5.41, 5.74) is 9.55. The monoisotopic (exact) mass is 255 g/mol. The first kappa shape index (κ1) is 12.6. The molecule has 0 saturated carbocycles. The number of benzene rings is 1. The van der Waals surface area contributed by atoms with E-state index in [0.717, 1.165) is 5.56 Å². The molecular formula is C12H13N7. The highest BCUT2D eigenvalue weighted by molar-refractivity contribution is 5.50. The molecule has 0 aliphatic rings. The molecule has 96 valence electrons. The van der Waals surface area contributed by atoms with E-state index < -0.39 is 0 Å². The second-order valence-corrected chi connectivity index (χ2v) is 3.81. The molecule has 1 heterocycles. The molecule has 0 amide bonds. The SMILES string of the molecule is N#Cc1cccc(CNc2cc(NN)nc(N)n2)c1. The van der Waals surface area contributed by atoms with Gasteiger partial charge in [0, 0.05) is 12.6 Å². The molecule has 7 nitrogen and oxygen atoms in total. The number of nitrogen functional groups attached to an aromatic ring is 2. The van der Waals surface area contributed by atoms with Gasteiger partial charge in [-0.15, -0.1) is 0 Å². The molecule has 1 aromatic carbocycles. The van der Waals surface area contributed by atoms with Gasteiger partial charge >= 0.3 is 0 Å². The molecule has 0 fully saturated rings. The fraction of sp³-hybridized carbons (Fsp3) is 0.0833. The maximum Gasteiger partial charge on any atom is 0.223 e. The molecule has 0 radical (unpaired) electrons. The normalized spacial score (nSPS) is 9.68. The van der Waals surface area contributed by atoms with Crippen molar-refractivity contribution >= 4 is 17.6 Å². The summed E-state index contributed by atoms with van der Waals surface area (Å²) in [5.74, 6) is 6.39.